The summed E-state index contributed by atoms with van der Waals surface area (Å²) >= 11 is 15.4. The second-order valence-corrected chi connectivity index (χ2v) is 8.60. The van der Waals surface area contributed by atoms with Crippen LogP contribution in [0, 0.1) is 5.92 Å². The SMILES string of the molecule is C[C@@H](Oc1ccc(C(F)(F)F)cc1)C1CN(C(=O)CBr)C[C@H]1c1ccc(Cl)c(Cl)c1. The molecule has 0 aliphatic carbocycles. The molecule has 1 heterocycles. The number of ether oxygens (including phenoxy) is 1. The van der Waals surface area contributed by atoms with Gasteiger partial charge in [0.15, 0.2) is 0 Å². The Morgan fingerprint density at radius 3 is 2.40 bits per heavy atom. The summed E-state index contributed by atoms with van der Waals surface area (Å²) < 4.78 is 44.3. The number of carbonyl (C=O) groups is 1. The van der Waals surface area contributed by atoms with E-state index in [1.807, 2.05) is 13.0 Å². The van der Waals surface area contributed by atoms with Gasteiger partial charge in [-0.3, -0.25) is 4.79 Å². The molecule has 0 saturated carbocycles. The Labute approximate surface area is 191 Å². The maximum atomic E-state index is 12.8. The second-order valence-electron chi connectivity index (χ2n) is 7.22. The van der Waals surface area contributed by atoms with Crippen molar-refractivity contribution in [3.05, 3.63) is 63.6 Å². The summed E-state index contributed by atoms with van der Waals surface area (Å²) in [6.45, 7) is 2.82. The predicted molar refractivity (Wildman–Crippen MR) is 115 cm³/mol. The van der Waals surface area contributed by atoms with Gasteiger partial charge >= 0.3 is 6.18 Å². The molecule has 0 aromatic heterocycles. The minimum absolute atomic E-state index is 0.0377. The van der Waals surface area contributed by atoms with Crippen molar-refractivity contribution < 1.29 is 22.7 Å². The van der Waals surface area contributed by atoms with Gasteiger partial charge in [0.25, 0.3) is 0 Å². The Hall–Kier alpha value is -1.44. The van der Waals surface area contributed by atoms with Crippen LogP contribution in [0.5, 0.6) is 5.75 Å². The third kappa shape index (κ3) is 5.24. The van der Waals surface area contributed by atoms with Crippen LogP contribution >= 0.6 is 39.1 Å². The van der Waals surface area contributed by atoms with E-state index < -0.39 is 11.7 Å². The number of halogens is 6. The Bertz CT molecular complexity index is 908. The average molecular weight is 525 g/mol. The lowest BCUT2D eigenvalue weighted by Gasteiger charge is -2.26. The van der Waals surface area contributed by atoms with Gasteiger partial charge < -0.3 is 9.64 Å². The van der Waals surface area contributed by atoms with E-state index in [1.165, 1.54) is 12.1 Å². The third-order valence-electron chi connectivity index (χ3n) is 5.31. The lowest BCUT2D eigenvalue weighted by Crippen LogP contribution is -2.32. The summed E-state index contributed by atoms with van der Waals surface area (Å²) in [5, 5.41) is 1.08. The largest absolute Gasteiger partial charge is 0.490 e. The van der Waals surface area contributed by atoms with Crippen LogP contribution in [-0.4, -0.2) is 35.3 Å². The average Bonchev–Trinajstić information content (AvgIpc) is 3.15. The fourth-order valence-electron chi connectivity index (χ4n) is 3.71. The number of amides is 1. The van der Waals surface area contributed by atoms with E-state index in [4.69, 9.17) is 27.9 Å². The highest BCUT2D eigenvalue weighted by atomic mass is 79.9. The topological polar surface area (TPSA) is 29.5 Å². The molecule has 1 amide bonds. The fraction of sp³-hybridized carbons (Fsp3) is 0.381. The molecular formula is C21H19BrCl2F3NO2. The van der Waals surface area contributed by atoms with Gasteiger partial charge in [-0.2, -0.15) is 13.2 Å². The van der Waals surface area contributed by atoms with Crippen LogP contribution < -0.4 is 4.74 Å². The van der Waals surface area contributed by atoms with E-state index in [2.05, 4.69) is 15.9 Å². The summed E-state index contributed by atoms with van der Waals surface area (Å²) in [5.41, 5.74) is 0.202. The summed E-state index contributed by atoms with van der Waals surface area (Å²) in [7, 11) is 0. The minimum atomic E-state index is -4.40. The van der Waals surface area contributed by atoms with E-state index in [9.17, 15) is 18.0 Å². The molecule has 2 aromatic carbocycles. The lowest BCUT2D eigenvalue weighted by molar-refractivity contribution is -0.137. The molecule has 3 atom stereocenters. The number of likely N-dealkylation sites (tertiary alicyclic amines) is 1. The number of carbonyl (C=O) groups excluding carboxylic acids is 1. The summed E-state index contributed by atoms with van der Waals surface area (Å²) in [6.07, 6.45) is -4.75. The second kappa shape index (κ2) is 9.37. The number of alkyl halides is 4. The first kappa shape index (κ1) is 23.2. The molecule has 1 fully saturated rings. The van der Waals surface area contributed by atoms with Crippen molar-refractivity contribution in [2.75, 3.05) is 18.4 Å². The van der Waals surface area contributed by atoms with Gasteiger partial charge in [0.2, 0.25) is 5.91 Å². The summed E-state index contributed by atoms with van der Waals surface area (Å²) in [6, 6.07) is 9.98. The highest BCUT2D eigenvalue weighted by Crippen LogP contribution is 2.39. The van der Waals surface area contributed by atoms with Crippen molar-refractivity contribution in [2.45, 2.75) is 25.1 Å². The van der Waals surface area contributed by atoms with Gasteiger partial charge in [0.1, 0.15) is 11.9 Å². The van der Waals surface area contributed by atoms with Crippen molar-refractivity contribution in [3.8, 4) is 5.75 Å². The molecule has 1 saturated heterocycles. The first-order valence-corrected chi connectivity index (χ1v) is 11.1. The zero-order chi connectivity index (χ0) is 22.1. The molecule has 162 valence electrons. The number of benzene rings is 2. The molecule has 1 aliphatic rings. The van der Waals surface area contributed by atoms with Crippen LogP contribution in [0.3, 0.4) is 0 Å². The van der Waals surface area contributed by atoms with Crippen molar-refractivity contribution in [3.63, 3.8) is 0 Å². The molecule has 1 aliphatic heterocycles. The van der Waals surface area contributed by atoms with E-state index in [0.29, 0.717) is 28.9 Å². The molecule has 0 N–H and O–H groups in total. The van der Waals surface area contributed by atoms with Gasteiger partial charge in [-0.25, -0.2) is 0 Å². The lowest BCUT2D eigenvalue weighted by atomic mass is 9.85. The quantitative estimate of drug-likeness (QED) is 0.422. The van der Waals surface area contributed by atoms with Crippen molar-refractivity contribution in [1.82, 2.24) is 4.90 Å². The van der Waals surface area contributed by atoms with Crippen LogP contribution in [0.25, 0.3) is 0 Å². The third-order valence-corrected chi connectivity index (χ3v) is 6.53. The minimum Gasteiger partial charge on any atom is -0.490 e. The van der Waals surface area contributed by atoms with Crippen LogP contribution in [0.1, 0.15) is 24.0 Å². The smallest absolute Gasteiger partial charge is 0.416 e. The molecule has 2 aromatic rings. The zero-order valence-corrected chi connectivity index (χ0v) is 19.0. The van der Waals surface area contributed by atoms with E-state index >= 15 is 0 Å². The zero-order valence-electron chi connectivity index (χ0n) is 15.9. The van der Waals surface area contributed by atoms with Crippen LogP contribution in [0.4, 0.5) is 13.2 Å². The normalized spacial score (nSPS) is 20.3. The van der Waals surface area contributed by atoms with Crippen molar-refractivity contribution >= 4 is 45.0 Å². The maximum absolute atomic E-state index is 12.8. The Morgan fingerprint density at radius 1 is 1.17 bits per heavy atom. The predicted octanol–water partition coefficient (Wildman–Crippen LogP) is 6.42. The van der Waals surface area contributed by atoms with E-state index in [1.54, 1.807) is 17.0 Å². The molecule has 30 heavy (non-hydrogen) atoms. The van der Waals surface area contributed by atoms with Gasteiger partial charge in [0.05, 0.1) is 20.9 Å². The number of rotatable bonds is 5. The molecule has 0 spiro atoms. The van der Waals surface area contributed by atoms with Crippen molar-refractivity contribution in [2.24, 2.45) is 5.92 Å². The van der Waals surface area contributed by atoms with E-state index in [0.717, 1.165) is 17.7 Å². The van der Waals surface area contributed by atoms with Gasteiger partial charge in [-0.05, 0) is 48.9 Å². The van der Waals surface area contributed by atoms with Gasteiger partial charge in [0, 0.05) is 24.9 Å². The Morgan fingerprint density at radius 2 is 1.83 bits per heavy atom. The molecule has 9 heteroatoms. The van der Waals surface area contributed by atoms with Crippen LogP contribution in [-0.2, 0) is 11.0 Å². The number of hydrogen-bond acceptors (Lipinski definition) is 2. The maximum Gasteiger partial charge on any atom is 0.416 e. The van der Waals surface area contributed by atoms with Crippen LogP contribution in [0.15, 0.2) is 42.5 Å². The van der Waals surface area contributed by atoms with Crippen LogP contribution in [0.2, 0.25) is 10.0 Å². The Balaban J connectivity index is 1.82. The molecule has 1 unspecified atom stereocenters. The first-order valence-electron chi connectivity index (χ1n) is 9.22. The standard InChI is InChI=1S/C21H19BrCl2F3NO2/c1-12(30-15-5-3-14(4-6-15)21(25,26)27)16-10-28(20(29)9-22)11-17(16)13-2-7-18(23)19(24)8-13/h2-8,12,16-17H,9-11H2,1H3/t12-,16?,17+/m1/s1. The summed E-state index contributed by atoms with van der Waals surface area (Å²) in [4.78, 5) is 14.0. The highest BCUT2D eigenvalue weighted by Gasteiger charge is 2.40. The Kier molecular flexibility index (Phi) is 7.25. The molecular weight excluding hydrogens is 506 g/mol. The molecule has 3 rings (SSSR count). The van der Waals surface area contributed by atoms with Gasteiger partial charge in [-0.15, -0.1) is 0 Å². The molecule has 0 bridgehead atoms. The highest BCUT2D eigenvalue weighted by molar-refractivity contribution is 9.09. The van der Waals surface area contributed by atoms with Gasteiger partial charge in [-0.1, -0.05) is 45.2 Å². The summed E-state index contributed by atoms with van der Waals surface area (Å²) in [5.74, 6) is 0.178. The number of hydrogen-bond donors (Lipinski definition) is 0. The fourth-order valence-corrected chi connectivity index (χ4v) is 4.37. The molecule has 3 nitrogen and oxygen atoms in total. The first-order chi connectivity index (χ1) is 14.1. The monoisotopic (exact) mass is 523 g/mol. The van der Waals surface area contributed by atoms with E-state index in [-0.39, 0.29) is 29.2 Å². The number of nitrogens with zero attached hydrogens (tertiary/aromatic N) is 1. The molecule has 0 radical (unpaired) electrons. The van der Waals surface area contributed by atoms with Crippen molar-refractivity contribution in [1.29, 1.82) is 0 Å².